The van der Waals surface area contributed by atoms with E-state index >= 15 is 0 Å². The van der Waals surface area contributed by atoms with E-state index in [2.05, 4.69) is 6.58 Å². The lowest BCUT2D eigenvalue weighted by atomic mass is 10.4. The minimum atomic E-state index is 0.0386. The molecule has 0 aromatic rings. The third-order valence-corrected chi connectivity index (χ3v) is 2.44. The van der Waals surface area contributed by atoms with E-state index in [9.17, 15) is 0 Å². The first kappa shape index (κ1) is 22.5. The van der Waals surface area contributed by atoms with E-state index in [0.717, 1.165) is 5.57 Å². The Kier molecular flexibility index (Phi) is 19.0. The molecule has 0 radical (unpaired) electrons. The van der Waals surface area contributed by atoms with Crippen LogP contribution in [-0.4, -0.2) is 91.0 Å². The summed E-state index contributed by atoms with van der Waals surface area (Å²) in [6.45, 7) is 12.0. The van der Waals surface area contributed by atoms with Gasteiger partial charge in [-0.15, -0.1) is 0 Å². The lowest BCUT2D eigenvalue weighted by molar-refractivity contribution is -0.0174. The van der Waals surface area contributed by atoms with E-state index in [4.69, 9.17) is 33.5 Å². The van der Waals surface area contributed by atoms with Crippen molar-refractivity contribution in [3.63, 3.8) is 0 Å². The Balaban J connectivity index is 2.96. The van der Waals surface area contributed by atoms with Gasteiger partial charge in [0.1, 0.15) is 0 Å². The smallest absolute Gasteiger partial charge is 0.0704 e. The molecule has 7 nitrogen and oxygen atoms in total. The van der Waals surface area contributed by atoms with Gasteiger partial charge in [-0.2, -0.15) is 0 Å². The number of hydrogen-bond acceptors (Lipinski definition) is 7. The van der Waals surface area contributed by atoms with Crippen molar-refractivity contribution >= 4 is 0 Å². The van der Waals surface area contributed by atoms with Crippen molar-refractivity contribution in [2.45, 2.75) is 6.92 Å². The van der Waals surface area contributed by atoms with Crippen LogP contribution in [0.25, 0.3) is 0 Å². The predicted molar refractivity (Wildman–Crippen MR) is 86.8 cm³/mol. The summed E-state index contributed by atoms with van der Waals surface area (Å²) in [4.78, 5) is 0. The minimum absolute atomic E-state index is 0.0386. The topological polar surface area (TPSA) is 75.6 Å². The molecule has 0 atom stereocenters. The van der Waals surface area contributed by atoms with Gasteiger partial charge in [-0.25, -0.2) is 0 Å². The average Bonchev–Trinajstić information content (AvgIpc) is 2.53. The average molecular weight is 336 g/mol. The van der Waals surface area contributed by atoms with Crippen LogP contribution in [0, 0.1) is 0 Å². The SMILES string of the molecule is C=C(C)COCCOCCOCCOCCOCCOCCO. The maximum Gasteiger partial charge on any atom is 0.0704 e. The molecule has 0 amide bonds. The molecule has 138 valence electrons. The normalized spacial score (nSPS) is 11.0. The van der Waals surface area contributed by atoms with Crippen LogP contribution < -0.4 is 0 Å². The molecule has 0 bridgehead atoms. The first-order valence-electron chi connectivity index (χ1n) is 7.99. The lowest BCUT2D eigenvalue weighted by Crippen LogP contribution is -2.14. The fourth-order valence-electron chi connectivity index (χ4n) is 1.41. The summed E-state index contributed by atoms with van der Waals surface area (Å²) in [6, 6.07) is 0. The van der Waals surface area contributed by atoms with Gasteiger partial charge in [-0.1, -0.05) is 12.2 Å². The van der Waals surface area contributed by atoms with Gasteiger partial charge in [0, 0.05) is 0 Å². The van der Waals surface area contributed by atoms with E-state index < -0.39 is 0 Å². The number of ether oxygens (including phenoxy) is 6. The van der Waals surface area contributed by atoms with Crippen LogP contribution in [0.4, 0.5) is 0 Å². The Morgan fingerprint density at radius 1 is 0.609 bits per heavy atom. The molecule has 0 fully saturated rings. The number of hydrogen-bond donors (Lipinski definition) is 1. The second-order valence-corrected chi connectivity index (χ2v) is 4.80. The molecule has 0 aliphatic heterocycles. The van der Waals surface area contributed by atoms with E-state index in [1.165, 1.54) is 0 Å². The van der Waals surface area contributed by atoms with Crippen molar-refractivity contribution < 1.29 is 33.5 Å². The summed E-state index contributed by atoms with van der Waals surface area (Å²) in [6.07, 6.45) is 0. The Hall–Kier alpha value is -0.540. The Morgan fingerprint density at radius 3 is 1.22 bits per heavy atom. The molecular formula is C16H32O7. The molecule has 0 aromatic carbocycles. The summed E-state index contributed by atoms with van der Waals surface area (Å²) >= 11 is 0. The van der Waals surface area contributed by atoms with Gasteiger partial charge in [0.25, 0.3) is 0 Å². The van der Waals surface area contributed by atoms with Crippen molar-refractivity contribution in [1.29, 1.82) is 0 Å². The highest BCUT2D eigenvalue weighted by Crippen LogP contribution is 1.88. The molecule has 0 spiro atoms. The van der Waals surface area contributed by atoms with E-state index in [1.807, 2.05) is 6.92 Å². The third-order valence-electron chi connectivity index (χ3n) is 2.44. The van der Waals surface area contributed by atoms with Crippen LogP contribution in [0.15, 0.2) is 12.2 Å². The Labute approximate surface area is 139 Å². The highest BCUT2D eigenvalue weighted by Gasteiger charge is 1.94. The summed E-state index contributed by atoms with van der Waals surface area (Å²) < 4.78 is 31.7. The molecule has 0 unspecified atom stereocenters. The molecule has 0 aromatic heterocycles. The molecule has 7 heteroatoms. The molecule has 0 rings (SSSR count). The van der Waals surface area contributed by atoms with Crippen molar-refractivity contribution in [1.82, 2.24) is 0 Å². The van der Waals surface area contributed by atoms with Crippen LogP contribution in [0.1, 0.15) is 6.92 Å². The standard InChI is InChI=1S/C16H32O7/c1-16(2)15-23-14-13-22-12-11-21-10-9-20-8-7-19-6-5-18-4-3-17/h17H,1,3-15H2,2H3. The molecular weight excluding hydrogens is 304 g/mol. The first-order chi connectivity index (χ1) is 11.3. The zero-order valence-corrected chi connectivity index (χ0v) is 14.3. The molecule has 0 aliphatic rings. The second kappa shape index (κ2) is 19.5. The van der Waals surface area contributed by atoms with Gasteiger partial charge in [-0.05, 0) is 6.92 Å². The van der Waals surface area contributed by atoms with Crippen LogP contribution >= 0.6 is 0 Å². The summed E-state index contributed by atoms with van der Waals surface area (Å²) in [5.41, 5.74) is 1.01. The van der Waals surface area contributed by atoms with Gasteiger partial charge in [-0.3, -0.25) is 0 Å². The van der Waals surface area contributed by atoms with Crippen molar-refractivity contribution in [2.75, 3.05) is 85.9 Å². The van der Waals surface area contributed by atoms with Crippen LogP contribution in [0.3, 0.4) is 0 Å². The maximum absolute atomic E-state index is 8.50. The van der Waals surface area contributed by atoms with Crippen LogP contribution in [-0.2, 0) is 28.4 Å². The zero-order chi connectivity index (χ0) is 17.0. The Bertz CT molecular complexity index is 249. The third kappa shape index (κ3) is 21.5. The van der Waals surface area contributed by atoms with Gasteiger partial charge in [0.05, 0.1) is 85.9 Å². The van der Waals surface area contributed by atoms with E-state index in [1.54, 1.807) is 0 Å². The molecule has 0 aliphatic carbocycles. The zero-order valence-electron chi connectivity index (χ0n) is 14.3. The monoisotopic (exact) mass is 336 g/mol. The van der Waals surface area contributed by atoms with Gasteiger partial charge < -0.3 is 33.5 Å². The minimum Gasteiger partial charge on any atom is -0.394 e. The van der Waals surface area contributed by atoms with Crippen molar-refractivity contribution in [3.8, 4) is 0 Å². The highest BCUT2D eigenvalue weighted by molar-refractivity contribution is 4.87. The predicted octanol–water partition coefficient (Wildman–Crippen LogP) is 0.654. The maximum atomic E-state index is 8.50. The number of rotatable bonds is 19. The van der Waals surface area contributed by atoms with Gasteiger partial charge in [0.2, 0.25) is 0 Å². The second-order valence-electron chi connectivity index (χ2n) is 4.80. The highest BCUT2D eigenvalue weighted by atomic mass is 16.6. The lowest BCUT2D eigenvalue weighted by Gasteiger charge is -2.08. The van der Waals surface area contributed by atoms with Crippen LogP contribution in [0.2, 0.25) is 0 Å². The molecule has 0 saturated heterocycles. The fraction of sp³-hybridized carbons (Fsp3) is 0.875. The summed E-state index contributed by atoms with van der Waals surface area (Å²) in [5, 5.41) is 8.50. The van der Waals surface area contributed by atoms with Crippen molar-refractivity contribution in [2.24, 2.45) is 0 Å². The molecule has 1 N–H and O–H groups in total. The van der Waals surface area contributed by atoms with Gasteiger partial charge in [0.15, 0.2) is 0 Å². The largest absolute Gasteiger partial charge is 0.394 e. The Morgan fingerprint density at radius 2 is 0.913 bits per heavy atom. The summed E-state index contributed by atoms with van der Waals surface area (Å²) in [5.74, 6) is 0. The van der Waals surface area contributed by atoms with E-state index in [-0.39, 0.29) is 6.61 Å². The van der Waals surface area contributed by atoms with Gasteiger partial charge >= 0.3 is 0 Å². The summed E-state index contributed by atoms with van der Waals surface area (Å²) in [7, 11) is 0. The molecule has 23 heavy (non-hydrogen) atoms. The molecule has 0 saturated carbocycles. The molecule has 0 heterocycles. The first-order valence-corrected chi connectivity index (χ1v) is 7.99. The number of aliphatic hydroxyl groups excluding tert-OH is 1. The fourth-order valence-corrected chi connectivity index (χ4v) is 1.41. The van der Waals surface area contributed by atoms with Crippen molar-refractivity contribution in [3.05, 3.63) is 12.2 Å². The van der Waals surface area contributed by atoms with Crippen LogP contribution in [0.5, 0.6) is 0 Å². The quantitative estimate of drug-likeness (QED) is 0.274. The number of aliphatic hydroxyl groups is 1. The van der Waals surface area contributed by atoms with E-state index in [0.29, 0.717) is 79.3 Å².